The third-order valence-electron chi connectivity index (χ3n) is 6.47. The molecule has 0 aliphatic heterocycles. The number of nitrogens with two attached hydrogens (primary N) is 5. The van der Waals surface area contributed by atoms with Crippen molar-refractivity contribution in [1.29, 1.82) is 0 Å². The predicted molar refractivity (Wildman–Crippen MR) is 178 cm³/mol. The molecule has 0 aromatic rings. The summed E-state index contributed by atoms with van der Waals surface area (Å²) in [4.78, 5) is 101. The molecule has 0 bridgehead atoms. The number of unbranched alkanes of at least 4 members (excludes halogenated alkanes) is 1. The lowest BCUT2D eigenvalue weighted by atomic mass is 10.0. The second kappa shape index (κ2) is 25.0. The van der Waals surface area contributed by atoms with Crippen LogP contribution in [0.15, 0.2) is 4.99 Å². The van der Waals surface area contributed by atoms with Gasteiger partial charge in [0.2, 0.25) is 47.3 Å². The molecule has 0 unspecified atom stereocenters. The molecule has 49 heavy (non-hydrogen) atoms. The molecule has 0 spiro atoms. The minimum Gasteiger partial charge on any atom is -0.370 e. The Morgan fingerprint density at radius 3 is 1.55 bits per heavy atom. The van der Waals surface area contributed by atoms with Crippen molar-refractivity contribution in [2.24, 2.45) is 39.6 Å². The van der Waals surface area contributed by atoms with Crippen LogP contribution in [0.5, 0.6) is 0 Å². The summed E-state index contributed by atoms with van der Waals surface area (Å²) >= 11 is 0. The first-order chi connectivity index (χ1) is 23.0. The van der Waals surface area contributed by atoms with E-state index in [4.69, 9.17) is 28.7 Å². The Morgan fingerprint density at radius 1 is 0.592 bits per heavy atom. The van der Waals surface area contributed by atoms with Crippen LogP contribution in [-0.2, 0) is 38.4 Å². The van der Waals surface area contributed by atoms with Crippen molar-refractivity contribution >= 4 is 53.2 Å². The predicted octanol–water partition coefficient (Wildman–Crippen LogP) is -6.42. The van der Waals surface area contributed by atoms with E-state index in [1.54, 1.807) is 0 Å². The number of nitrogens with zero attached hydrogens (tertiary/aromatic N) is 1. The molecule has 0 fully saturated rings. The highest BCUT2D eigenvalue weighted by molar-refractivity contribution is 5.94. The zero-order chi connectivity index (χ0) is 37.4. The zero-order valence-corrected chi connectivity index (χ0v) is 28.1. The normalized spacial score (nSPS) is 12.3. The first-order valence-corrected chi connectivity index (χ1v) is 15.8. The van der Waals surface area contributed by atoms with Crippen LogP contribution in [0.1, 0.15) is 52.4 Å². The number of nitrogens with one attached hydrogen (secondary N) is 7. The van der Waals surface area contributed by atoms with Crippen molar-refractivity contribution in [3.8, 4) is 0 Å². The number of carbonyl (C=O) groups excluding carboxylic acids is 8. The van der Waals surface area contributed by atoms with Crippen LogP contribution in [0, 0.1) is 5.92 Å². The fourth-order valence-electron chi connectivity index (χ4n) is 3.94. The smallest absolute Gasteiger partial charge is 0.243 e. The van der Waals surface area contributed by atoms with Gasteiger partial charge in [-0.3, -0.25) is 43.3 Å². The van der Waals surface area contributed by atoms with Crippen LogP contribution in [0.3, 0.4) is 0 Å². The van der Waals surface area contributed by atoms with Gasteiger partial charge in [-0.25, -0.2) is 0 Å². The molecule has 3 atom stereocenters. The zero-order valence-electron chi connectivity index (χ0n) is 28.1. The molecule has 17 N–H and O–H groups in total. The molecule has 0 rings (SSSR count). The van der Waals surface area contributed by atoms with Gasteiger partial charge in [-0.1, -0.05) is 13.8 Å². The number of amides is 8. The minimum absolute atomic E-state index is 0.0290. The Bertz CT molecular complexity index is 1160. The van der Waals surface area contributed by atoms with E-state index < -0.39 is 98.1 Å². The molecule has 0 radical (unpaired) electrons. The summed E-state index contributed by atoms with van der Waals surface area (Å²) in [6.45, 7) is 1.93. The van der Waals surface area contributed by atoms with Crippen molar-refractivity contribution in [2.45, 2.75) is 70.5 Å². The largest absolute Gasteiger partial charge is 0.370 e. The van der Waals surface area contributed by atoms with Gasteiger partial charge in [0, 0.05) is 6.54 Å². The van der Waals surface area contributed by atoms with Crippen molar-refractivity contribution in [3.63, 3.8) is 0 Å². The van der Waals surface area contributed by atoms with Gasteiger partial charge in [0.1, 0.15) is 12.1 Å². The summed E-state index contributed by atoms with van der Waals surface area (Å²) in [6, 6.07) is -2.84. The standard InChI is InChI=1S/C28H53N13O8/c1-16(2)10-19(27(49)39-15-24(46)40-18(25(31)47)7-3-4-8-29)41-23(45)14-37-21(43)12-35-20(42)11-36-22(44)13-38-26(48)17(30)6-5-9-34-28(32)33/h16-19H,3-15,29-30H2,1-2H3,(H2,31,47)(H,35,42)(H,36,44)(H,37,43)(H,38,48)(H,39,49)(H,40,46)(H,41,45)(H4,32,33,34)/t17-,18-,19-/m0/s1. The number of carbonyl (C=O) groups is 8. The van der Waals surface area contributed by atoms with Crippen LogP contribution in [0.25, 0.3) is 0 Å². The molecule has 21 nitrogen and oxygen atoms in total. The first-order valence-electron chi connectivity index (χ1n) is 15.8. The van der Waals surface area contributed by atoms with Gasteiger partial charge in [0.15, 0.2) is 5.96 Å². The second-order valence-electron chi connectivity index (χ2n) is 11.4. The summed E-state index contributed by atoms with van der Waals surface area (Å²) < 4.78 is 0. The molecule has 0 aliphatic rings. The Morgan fingerprint density at radius 2 is 1.06 bits per heavy atom. The summed E-state index contributed by atoms with van der Waals surface area (Å²) in [7, 11) is 0. The van der Waals surface area contributed by atoms with Gasteiger partial charge >= 0.3 is 0 Å². The number of hydrogen-bond donors (Lipinski definition) is 12. The van der Waals surface area contributed by atoms with E-state index in [2.05, 4.69) is 42.2 Å². The minimum atomic E-state index is -1.03. The Balaban J connectivity index is 4.51. The maximum atomic E-state index is 12.7. The van der Waals surface area contributed by atoms with E-state index in [9.17, 15) is 38.4 Å². The van der Waals surface area contributed by atoms with E-state index >= 15 is 0 Å². The van der Waals surface area contributed by atoms with Crippen molar-refractivity contribution in [2.75, 3.05) is 45.8 Å². The van der Waals surface area contributed by atoms with E-state index in [0.717, 1.165) is 0 Å². The topological polar surface area (TPSA) is 363 Å². The third kappa shape index (κ3) is 23.0. The molecule has 21 heteroatoms. The van der Waals surface area contributed by atoms with E-state index in [0.29, 0.717) is 38.8 Å². The Hall–Kier alpha value is -5.05. The van der Waals surface area contributed by atoms with Gasteiger partial charge in [0.05, 0.1) is 38.8 Å². The van der Waals surface area contributed by atoms with Crippen molar-refractivity contribution in [1.82, 2.24) is 37.2 Å². The van der Waals surface area contributed by atoms with Gasteiger partial charge in [-0.15, -0.1) is 0 Å². The van der Waals surface area contributed by atoms with Crippen molar-refractivity contribution in [3.05, 3.63) is 0 Å². The average molecular weight is 700 g/mol. The molecule has 0 aliphatic carbocycles. The average Bonchev–Trinajstić information content (AvgIpc) is 3.03. The molecule has 0 aromatic heterocycles. The third-order valence-corrected chi connectivity index (χ3v) is 6.47. The van der Waals surface area contributed by atoms with Crippen LogP contribution < -0.4 is 65.9 Å². The van der Waals surface area contributed by atoms with Crippen LogP contribution in [0.4, 0.5) is 0 Å². The lowest BCUT2D eigenvalue weighted by molar-refractivity contribution is -0.132. The molecule has 0 saturated carbocycles. The number of rotatable bonds is 25. The molecule has 278 valence electrons. The highest BCUT2D eigenvalue weighted by Gasteiger charge is 2.24. The van der Waals surface area contributed by atoms with Crippen LogP contribution in [0.2, 0.25) is 0 Å². The SMILES string of the molecule is CC(C)C[C@H](NC(=O)CNC(=O)CNC(=O)CNC(=O)CNC(=O)[C@@H](N)CCCN=C(N)N)C(=O)NCC(=O)N[C@@H](CCCCN)C(N)=O. The molecular formula is C28H53N13O8. The maximum absolute atomic E-state index is 12.7. The summed E-state index contributed by atoms with van der Waals surface area (Å²) in [6.07, 6.45) is 2.47. The van der Waals surface area contributed by atoms with Crippen LogP contribution >= 0.6 is 0 Å². The molecule has 0 heterocycles. The lowest BCUT2D eigenvalue weighted by Crippen LogP contribution is -2.53. The first kappa shape index (κ1) is 43.9. The highest BCUT2D eigenvalue weighted by atomic mass is 16.2. The summed E-state index contributed by atoms with van der Waals surface area (Å²) in [5, 5.41) is 16.5. The lowest BCUT2D eigenvalue weighted by Gasteiger charge is -2.21. The molecule has 0 saturated heterocycles. The van der Waals surface area contributed by atoms with E-state index in [1.807, 2.05) is 13.8 Å². The van der Waals surface area contributed by atoms with Crippen LogP contribution in [-0.4, -0.2) is 117 Å². The van der Waals surface area contributed by atoms with Gasteiger partial charge < -0.3 is 65.9 Å². The van der Waals surface area contributed by atoms with Gasteiger partial charge in [-0.2, -0.15) is 0 Å². The number of guanidine groups is 1. The van der Waals surface area contributed by atoms with Gasteiger partial charge in [-0.05, 0) is 51.0 Å². The number of hydrogen-bond acceptors (Lipinski definition) is 11. The highest BCUT2D eigenvalue weighted by Crippen LogP contribution is 2.05. The summed E-state index contributed by atoms with van der Waals surface area (Å²) in [5.41, 5.74) is 26.9. The Kier molecular flexibility index (Phi) is 22.5. The fourth-order valence-corrected chi connectivity index (χ4v) is 3.94. The molecule has 8 amide bonds. The number of primary amides is 1. The quantitative estimate of drug-likeness (QED) is 0.0240. The Labute approximate surface area is 284 Å². The number of aliphatic imine (C=N–C) groups is 1. The van der Waals surface area contributed by atoms with Crippen molar-refractivity contribution < 1.29 is 38.4 Å². The fraction of sp³-hybridized carbons (Fsp3) is 0.679. The summed E-state index contributed by atoms with van der Waals surface area (Å²) in [5.74, 6) is -5.53. The van der Waals surface area contributed by atoms with E-state index in [1.165, 1.54) is 0 Å². The van der Waals surface area contributed by atoms with Gasteiger partial charge in [0.25, 0.3) is 0 Å². The molecule has 0 aromatic carbocycles. The molecular weight excluding hydrogens is 646 g/mol. The second-order valence-corrected chi connectivity index (χ2v) is 11.4. The maximum Gasteiger partial charge on any atom is 0.243 e. The van der Waals surface area contributed by atoms with E-state index in [-0.39, 0.29) is 24.7 Å². The monoisotopic (exact) mass is 699 g/mol.